The van der Waals surface area contributed by atoms with E-state index in [1.807, 2.05) is 54.4 Å². The molecule has 128 valence electrons. The highest BCUT2D eigenvalue weighted by molar-refractivity contribution is 5.60. The topological polar surface area (TPSA) is 53.9 Å². The minimum absolute atomic E-state index is 0.134. The van der Waals surface area contributed by atoms with E-state index < -0.39 is 0 Å². The van der Waals surface area contributed by atoms with Gasteiger partial charge in [-0.3, -0.25) is 0 Å². The van der Waals surface area contributed by atoms with Crippen LogP contribution < -0.4 is 10.2 Å². The molecule has 0 saturated heterocycles. The van der Waals surface area contributed by atoms with E-state index in [2.05, 4.69) is 53.4 Å². The van der Waals surface area contributed by atoms with Crippen LogP contribution in [0.5, 0.6) is 0 Å². The summed E-state index contributed by atoms with van der Waals surface area (Å²) in [5.41, 5.74) is 3.40. The minimum atomic E-state index is 0.134. The van der Waals surface area contributed by atoms with E-state index in [-0.39, 0.29) is 5.41 Å². The summed E-state index contributed by atoms with van der Waals surface area (Å²) in [6.07, 6.45) is 1.65. The molecule has 0 aliphatic carbocycles. The molecule has 0 atom stereocenters. The predicted molar refractivity (Wildman–Crippen MR) is 103 cm³/mol. The number of hydrogen-bond acceptors (Lipinski definition) is 5. The lowest BCUT2D eigenvalue weighted by Gasteiger charge is -2.19. The zero-order valence-corrected chi connectivity index (χ0v) is 15.1. The van der Waals surface area contributed by atoms with Gasteiger partial charge in [-0.25, -0.2) is 0 Å². The highest BCUT2D eigenvalue weighted by Crippen LogP contribution is 2.25. The van der Waals surface area contributed by atoms with Crippen molar-refractivity contribution in [2.45, 2.75) is 26.2 Å². The molecule has 0 amide bonds. The molecule has 1 aromatic heterocycles. The Balaban J connectivity index is 1.78. The van der Waals surface area contributed by atoms with Gasteiger partial charge in [0.25, 0.3) is 0 Å². The first-order chi connectivity index (χ1) is 11.9. The van der Waals surface area contributed by atoms with Crippen LogP contribution in [0.25, 0.3) is 0 Å². The molecule has 0 unspecified atom stereocenters. The molecule has 1 N–H and O–H groups in total. The van der Waals surface area contributed by atoms with Crippen LogP contribution in [0.1, 0.15) is 26.3 Å². The van der Waals surface area contributed by atoms with Crippen molar-refractivity contribution < 1.29 is 0 Å². The van der Waals surface area contributed by atoms with Crippen LogP contribution >= 0.6 is 0 Å². The Morgan fingerprint density at radius 3 is 2.24 bits per heavy atom. The summed E-state index contributed by atoms with van der Waals surface area (Å²) in [5.74, 6) is 1.21. The summed E-state index contributed by atoms with van der Waals surface area (Å²) >= 11 is 0. The number of benzene rings is 2. The lowest BCUT2D eigenvalue weighted by Crippen LogP contribution is -2.13. The standard InChI is InChI=1S/C20H23N5/c1-20(2,3)15-10-12-16(13-11-15)22-19-23-18(14-21-24-19)25(4)17-8-6-5-7-9-17/h5-14H,1-4H3,(H,22,23,24). The molecule has 3 rings (SSSR count). The lowest BCUT2D eigenvalue weighted by molar-refractivity contribution is 0.590. The van der Waals surface area contributed by atoms with Crippen LogP contribution in [0.3, 0.4) is 0 Å². The number of hydrogen-bond donors (Lipinski definition) is 1. The van der Waals surface area contributed by atoms with Gasteiger partial charge in [-0.2, -0.15) is 10.1 Å². The average molecular weight is 333 g/mol. The maximum atomic E-state index is 4.56. The molecule has 0 aliphatic rings. The predicted octanol–water partition coefficient (Wildman–Crippen LogP) is 4.68. The van der Waals surface area contributed by atoms with Crippen molar-refractivity contribution in [1.29, 1.82) is 0 Å². The largest absolute Gasteiger partial charge is 0.328 e. The quantitative estimate of drug-likeness (QED) is 0.751. The number of aromatic nitrogens is 3. The van der Waals surface area contributed by atoms with Gasteiger partial charge in [-0.15, -0.1) is 5.10 Å². The Labute approximate surface area is 148 Å². The highest BCUT2D eigenvalue weighted by Gasteiger charge is 2.13. The minimum Gasteiger partial charge on any atom is -0.328 e. The third kappa shape index (κ3) is 4.12. The molecule has 1 heterocycles. The number of nitrogens with zero attached hydrogens (tertiary/aromatic N) is 4. The second-order valence-electron chi connectivity index (χ2n) is 6.99. The molecule has 0 aliphatic heterocycles. The Hall–Kier alpha value is -2.95. The molecule has 0 bridgehead atoms. The van der Waals surface area contributed by atoms with Crippen LogP contribution in [0.2, 0.25) is 0 Å². The fourth-order valence-electron chi connectivity index (χ4n) is 2.48. The van der Waals surface area contributed by atoms with E-state index >= 15 is 0 Å². The first-order valence-corrected chi connectivity index (χ1v) is 8.29. The molecule has 2 aromatic carbocycles. The fourth-order valence-corrected chi connectivity index (χ4v) is 2.48. The van der Waals surface area contributed by atoms with Crippen molar-refractivity contribution >= 4 is 23.1 Å². The first-order valence-electron chi connectivity index (χ1n) is 8.29. The van der Waals surface area contributed by atoms with Gasteiger partial charge >= 0.3 is 0 Å². The van der Waals surface area contributed by atoms with Gasteiger partial charge in [-0.05, 0) is 35.2 Å². The van der Waals surface area contributed by atoms with E-state index in [1.54, 1.807) is 6.20 Å². The summed E-state index contributed by atoms with van der Waals surface area (Å²) in [5, 5.41) is 11.4. The maximum absolute atomic E-state index is 4.56. The molecule has 0 saturated carbocycles. The highest BCUT2D eigenvalue weighted by atomic mass is 15.3. The molecule has 0 spiro atoms. The van der Waals surface area contributed by atoms with Crippen molar-refractivity contribution in [2.24, 2.45) is 0 Å². The third-order valence-electron chi connectivity index (χ3n) is 4.04. The number of nitrogens with one attached hydrogen (secondary N) is 1. The Morgan fingerprint density at radius 1 is 0.920 bits per heavy atom. The normalized spacial score (nSPS) is 11.2. The molecule has 5 heteroatoms. The summed E-state index contributed by atoms with van der Waals surface area (Å²) < 4.78 is 0. The summed E-state index contributed by atoms with van der Waals surface area (Å²) in [4.78, 5) is 6.53. The van der Waals surface area contributed by atoms with Gasteiger partial charge < -0.3 is 10.2 Å². The zero-order valence-electron chi connectivity index (χ0n) is 15.1. The van der Waals surface area contributed by atoms with Crippen LogP contribution in [0, 0.1) is 0 Å². The molecule has 25 heavy (non-hydrogen) atoms. The monoisotopic (exact) mass is 333 g/mol. The maximum Gasteiger partial charge on any atom is 0.249 e. The third-order valence-corrected chi connectivity index (χ3v) is 4.04. The molecule has 3 aromatic rings. The van der Waals surface area contributed by atoms with Crippen molar-refractivity contribution in [3.63, 3.8) is 0 Å². The molecule has 0 fully saturated rings. The van der Waals surface area contributed by atoms with Gasteiger partial charge in [0.1, 0.15) is 0 Å². The van der Waals surface area contributed by atoms with Crippen LogP contribution in [-0.4, -0.2) is 22.2 Å². The number of para-hydroxylation sites is 1. The van der Waals surface area contributed by atoms with Crippen molar-refractivity contribution in [3.8, 4) is 0 Å². The molecular weight excluding hydrogens is 310 g/mol. The van der Waals surface area contributed by atoms with Gasteiger partial charge in [0.15, 0.2) is 5.82 Å². The second kappa shape index (κ2) is 6.89. The van der Waals surface area contributed by atoms with Crippen molar-refractivity contribution in [1.82, 2.24) is 15.2 Å². The smallest absolute Gasteiger partial charge is 0.249 e. The molecule has 0 radical (unpaired) electrons. The van der Waals surface area contributed by atoms with E-state index in [1.165, 1.54) is 5.56 Å². The lowest BCUT2D eigenvalue weighted by atomic mass is 9.87. The van der Waals surface area contributed by atoms with E-state index in [9.17, 15) is 0 Å². The SMILES string of the molecule is CN(c1ccccc1)c1cnnc(Nc2ccc(C(C)(C)C)cc2)n1. The summed E-state index contributed by atoms with van der Waals surface area (Å²) in [6.45, 7) is 6.60. The van der Waals surface area contributed by atoms with E-state index in [0.717, 1.165) is 17.2 Å². The second-order valence-corrected chi connectivity index (χ2v) is 6.99. The Kier molecular flexibility index (Phi) is 4.65. The van der Waals surface area contributed by atoms with Crippen LogP contribution in [0.15, 0.2) is 60.8 Å². The number of rotatable bonds is 4. The summed E-state index contributed by atoms with van der Waals surface area (Å²) in [7, 11) is 1.96. The van der Waals surface area contributed by atoms with Crippen molar-refractivity contribution in [3.05, 3.63) is 66.4 Å². The van der Waals surface area contributed by atoms with E-state index in [0.29, 0.717) is 5.95 Å². The Morgan fingerprint density at radius 2 is 1.60 bits per heavy atom. The Bertz CT molecular complexity index is 823. The van der Waals surface area contributed by atoms with Gasteiger partial charge in [0, 0.05) is 18.4 Å². The molecule has 5 nitrogen and oxygen atoms in total. The van der Waals surface area contributed by atoms with Gasteiger partial charge in [0.05, 0.1) is 6.20 Å². The number of anilines is 4. The van der Waals surface area contributed by atoms with Gasteiger partial charge in [0.2, 0.25) is 5.95 Å². The van der Waals surface area contributed by atoms with Crippen LogP contribution in [0.4, 0.5) is 23.1 Å². The average Bonchev–Trinajstić information content (AvgIpc) is 2.62. The first kappa shape index (κ1) is 16.9. The fraction of sp³-hybridized carbons (Fsp3) is 0.250. The summed E-state index contributed by atoms with van der Waals surface area (Å²) in [6, 6.07) is 18.4. The van der Waals surface area contributed by atoms with Gasteiger partial charge in [-0.1, -0.05) is 51.1 Å². The zero-order chi connectivity index (χ0) is 17.9. The van der Waals surface area contributed by atoms with Crippen molar-refractivity contribution in [2.75, 3.05) is 17.3 Å². The molecular formula is C20H23N5. The van der Waals surface area contributed by atoms with E-state index in [4.69, 9.17) is 0 Å². The van der Waals surface area contributed by atoms with Crippen LogP contribution in [-0.2, 0) is 5.41 Å².